The number of carbonyl (C=O) groups excluding carboxylic acids is 1. The Morgan fingerprint density at radius 2 is 1.85 bits per heavy atom. The number of nitrogens with zero attached hydrogens (tertiary/aromatic N) is 2. The number of hydrogen-bond donors (Lipinski definition) is 3. The van der Waals surface area contributed by atoms with E-state index in [4.69, 9.17) is 24.3 Å². The summed E-state index contributed by atoms with van der Waals surface area (Å²) in [5.74, 6) is -4.85. The van der Waals surface area contributed by atoms with Gasteiger partial charge < -0.3 is 24.8 Å². The fourth-order valence-corrected chi connectivity index (χ4v) is 5.24. The summed E-state index contributed by atoms with van der Waals surface area (Å²) in [7, 11) is -4.46. The minimum Gasteiger partial charge on any atom is -0.460 e. The highest BCUT2D eigenvalue weighted by molar-refractivity contribution is 7.52. The maximum absolute atomic E-state index is 14.9. The van der Waals surface area contributed by atoms with Gasteiger partial charge in [0.1, 0.15) is 30.3 Å². The van der Waals surface area contributed by atoms with E-state index in [1.807, 2.05) is 0 Å². The van der Waals surface area contributed by atoms with Crippen molar-refractivity contribution < 1.29 is 41.8 Å². The van der Waals surface area contributed by atoms with Crippen LogP contribution in [0.15, 0.2) is 77.7 Å². The summed E-state index contributed by atoms with van der Waals surface area (Å²) in [4.78, 5) is 28.1. The third kappa shape index (κ3) is 6.90. The molecule has 1 aliphatic heterocycles. The predicted molar refractivity (Wildman–Crippen MR) is 137 cm³/mol. The van der Waals surface area contributed by atoms with Gasteiger partial charge >= 0.3 is 25.3 Å². The van der Waals surface area contributed by atoms with Crippen molar-refractivity contribution >= 4 is 19.5 Å². The molecule has 1 aromatic heterocycles. The Morgan fingerprint density at radius 1 is 1.20 bits per heavy atom. The summed E-state index contributed by atoms with van der Waals surface area (Å²) in [5.41, 5.74) is 5.01. The van der Waals surface area contributed by atoms with Crippen LogP contribution >= 0.6 is 7.75 Å². The molecule has 2 heterocycles. The fraction of sp³-hybridized carbons (Fsp3) is 0.320. The first-order valence-electron chi connectivity index (χ1n) is 12.0. The lowest BCUT2D eigenvalue weighted by atomic mass is 10.1. The van der Waals surface area contributed by atoms with Crippen molar-refractivity contribution in [3.63, 3.8) is 0 Å². The Labute approximate surface area is 227 Å². The first kappa shape index (κ1) is 29.3. The number of nitrogens with two attached hydrogens (primary N) is 1. The molecule has 3 aromatic rings. The second-order valence-electron chi connectivity index (χ2n) is 8.83. The van der Waals surface area contributed by atoms with Gasteiger partial charge in [-0.1, -0.05) is 48.5 Å². The molecule has 0 amide bonds. The van der Waals surface area contributed by atoms with Crippen LogP contribution in [0.25, 0.3) is 0 Å². The number of anilines is 1. The van der Waals surface area contributed by atoms with Crippen LogP contribution in [0.1, 0.15) is 18.7 Å². The van der Waals surface area contributed by atoms with Gasteiger partial charge in [0.15, 0.2) is 6.10 Å². The van der Waals surface area contributed by atoms with Crippen LogP contribution in [-0.4, -0.2) is 51.4 Å². The normalized spacial score (nSPS) is 22.2. The summed E-state index contributed by atoms with van der Waals surface area (Å²) in [5, 5.41) is 12.7. The molecule has 0 aliphatic carbocycles. The number of nitrogens with one attached hydrogen (secondary N) is 1. The van der Waals surface area contributed by atoms with E-state index in [1.54, 1.807) is 48.5 Å². The molecule has 4 N–H and O–H groups in total. The molecule has 1 aliphatic rings. The third-order valence-corrected chi connectivity index (χ3v) is 7.43. The van der Waals surface area contributed by atoms with Crippen LogP contribution in [0.3, 0.4) is 0 Å². The van der Waals surface area contributed by atoms with E-state index < -0.39 is 56.4 Å². The molecule has 12 nitrogen and oxygen atoms in total. The number of ether oxygens (including phenoxy) is 2. The average Bonchev–Trinajstić information content (AvgIpc) is 3.15. The zero-order valence-corrected chi connectivity index (χ0v) is 22.0. The van der Waals surface area contributed by atoms with Crippen LogP contribution in [0.4, 0.5) is 14.6 Å². The zero-order chi connectivity index (χ0) is 28.9. The van der Waals surface area contributed by atoms with Crippen molar-refractivity contribution in [1.29, 1.82) is 0 Å². The molecular formula is C25H27F2N4O8P. The van der Waals surface area contributed by atoms with Crippen molar-refractivity contribution in [3.05, 3.63) is 89.0 Å². The number of carbonyl (C=O) groups is 1. The Kier molecular flexibility index (Phi) is 8.96. The molecule has 4 rings (SSSR count). The summed E-state index contributed by atoms with van der Waals surface area (Å²) < 4.78 is 65.3. The summed E-state index contributed by atoms with van der Waals surface area (Å²) in [6, 6.07) is 16.5. The van der Waals surface area contributed by atoms with Crippen molar-refractivity contribution in [2.75, 3.05) is 12.3 Å². The van der Waals surface area contributed by atoms with Gasteiger partial charge in [-0.05, 0) is 30.7 Å². The number of aliphatic hydroxyl groups is 1. The van der Waals surface area contributed by atoms with Crippen molar-refractivity contribution in [2.24, 2.45) is 0 Å². The first-order valence-corrected chi connectivity index (χ1v) is 13.6. The van der Waals surface area contributed by atoms with E-state index >= 15 is 0 Å². The molecule has 0 radical (unpaired) electrons. The highest BCUT2D eigenvalue weighted by Gasteiger charge is 2.60. The smallest absolute Gasteiger partial charge is 0.459 e. The molecule has 2 aromatic carbocycles. The molecule has 15 heteroatoms. The van der Waals surface area contributed by atoms with Crippen LogP contribution in [0.5, 0.6) is 5.75 Å². The SMILES string of the molecule is C[C@H](NP(=O)(OC[C@H]1O[C@@H](n2ccc(N)nc2=O)C(F)(F)C1O)Oc1ccccc1)C(=O)OCc1ccccc1. The monoisotopic (exact) mass is 580 g/mol. The van der Waals surface area contributed by atoms with Crippen LogP contribution in [-0.2, 0) is 30.0 Å². The molecule has 5 atom stereocenters. The van der Waals surface area contributed by atoms with E-state index in [-0.39, 0.29) is 18.2 Å². The lowest BCUT2D eigenvalue weighted by molar-refractivity contribution is -0.146. The van der Waals surface area contributed by atoms with Gasteiger partial charge in [0.25, 0.3) is 0 Å². The zero-order valence-electron chi connectivity index (χ0n) is 21.1. The van der Waals surface area contributed by atoms with E-state index in [0.717, 1.165) is 17.8 Å². The van der Waals surface area contributed by atoms with Crippen molar-refractivity contribution in [3.8, 4) is 5.75 Å². The van der Waals surface area contributed by atoms with Gasteiger partial charge in [-0.25, -0.2) is 9.36 Å². The minimum absolute atomic E-state index is 0.0473. The molecular weight excluding hydrogens is 553 g/mol. The van der Waals surface area contributed by atoms with Gasteiger partial charge in [-0.15, -0.1) is 0 Å². The summed E-state index contributed by atoms with van der Waals surface area (Å²) >= 11 is 0. The molecule has 0 spiro atoms. The molecule has 214 valence electrons. The fourth-order valence-electron chi connectivity index (χ4n) is 3.74. The number of hydrogen-bond acceptors (Lipinski definition) is 10. The van der Waals surface area contributed by atoms with Crippen LogP contribution in [0, 0.1) is 0 Å². The topological polar surface area (TPSA) is 164 Å². The number of alkyl halides is 2. The first-order chi connectivity index (χ1) is 19.0. The molecule has 40 heavy (non-hydrogen) atoms. The largest absolute Gasteiger partial charge is 0.460 e. The number of aliphatic hydroxyl groups excluding tert-OH is 1. The van der Waals surface area contributed by atoms with E-state index in [2.05, 4.69) is 10.1 Å². The molecule has 1 fully saturated rings. The van der Waals surface area contributed by atoms with Gasteiger partial charge in [0.2, 0.25) is 6.23 Å². The molecule has 2 unspecified atom stereocenters. The van der Waals surface area contributed by atoms with E-state index in [0.29, 0.717) is 4.57 Å². The van der Waals surface area contributed by atoms with Gasteiger partial charge in [0.05, 0.1) is 6.61 Å². The highest BCUT2D eigenvalue weighted by atomic mass is 31.2. The van der Waals surface area contributed by atoms with Crippen LogP contribution < -0.4 is 21.0 Å². The summed E-state index contributed by atoms with van der Waals surface area (Å²) in [6.45, 7) is 0.435. The van der Waals surface area contributed by atoms with Gasteiger partial charge in [0, 0.05) is 6.20 Å². The van der Waals surface area contributed by atoms with Crippen molar-refractivity contribution in [1.82, 2.24) is 14.6 Å². The standard InChI is InChI=1S/C25H27F2N4O8P/c1-16(22(33)36-14-17-8-4-2-5-9-17)30-40(35,39-18-10-6-3-7-11-18)37-15-19-21(32)25(26,27)23(38-19)31-13-12-20(28)29-24(31)34/h2-13,16,19,21,23,32H,14-15H2,1H3,(H,30,35)(H2,28,29,34)/t16-,19+,21?,23+,40?/m0/s1. The highest BCUT2D eigenvalue weighted by Crippen LogP contribution is 2.48. The average molecular weight is 580 g/mol. The second kappa shape index (κ2) is 12.2. The quantitative estimate of drug-likeness (QED) is 0.226. The molecule has 0 saturated carbocycles. The number of rotatable bonds is 11. The Hall–Kier alpha value is -3.68. The molecule has 0 bridgehead atoms. The maximum Gasteiger partial charge on any atom is 0.459 e. The number of halogens is 2. The number of esters is 1. The number of benzene rings is 2. The predicted octanol–water partition coefficient (Wildman–Crippen LogP) is 2.64. The van der Waals surface area contributed by atoms with Crippen LogP contribution in [0.2, 0.25) is 0 Å². The van der Waals surface area contributed by atoms with E-state index in [1.165, 1.54) is 19.1 Å². The summed E-state index contributed by atoms with van der Waals surface area (Å²) in [6.07, 6.45) is -5.50. The minimum atomic E-state index is -4.46. The van der Waals surface area contributed by atoms with E-state index in [9.17, 15) is 28.0 Å². The number of aromatic nitrogens is 2. The third-order valence-electron chi connectivity index (χ3n) is 5.79. The molecule has 1 saturated heterocycles. The Balaban J connectivity index is 1.47. The maximum atomic E-state index is 14.9. The van der Waals surface area contributed by atoms with Gasteiger partial charge in [-0.3, -0.25) is 13.9 Å². The van der Waals surface area contributed by atoms with Crippen molar-refractivity contribution in [2.45, 2.75) is 43.9 Å². The van der Waals surface area contributed by atoms with Gasteiger partial charge in [-0.2, -0.15) is 18.9 Å². The number of para-hydroxylation sites is 1. The second-order valence-corrected chi connectivity index (χ2v) is 10.5. The Bertz CT molecular complexity index is 1410. The lowest BCUT2D eigenvalue weighted by Crippen LogP contribution is -2.42. The number of nitrogen functional groups attached to an aromatic ring is 1. The Morgan fingerprint density at radius 3 is 2.50 bits per heavy atom. The lowest BCUT2D eigenvalue weighted by Gasteiger charge is -2.24.